The summed E-state index contributed by atoms with van der Waals surface area (Å²) in [4.78, 5) is 36.7. The maximum Gasteiger partial charge on any atom is 0.271 e. The van der Waals surface area contributed by atoms with Crippen LogP contribution in [0.1, 0.15) is 44.8 Å². The molecule has 1 spiro atoms. The lowest BCUT2D eigenvalue weighted by Crippen LogP contribution is -2.73. The third-order valence-electron chi connectivity index (χ3n) is 7.89. The largest absolute Gasteiger partial charge is 0.386 e. The number of carbonyl (C=O) groups is 2. The number of rotatable bonds is 5. The molecule has 4 aliphatic rings. The Kier molecular flexibility index (Phi) is 5.86. The highest BCUT2D eigenvalue weighted by Gasteiger charge is 2.65. The van der Waals surface area contributed by atoms with Gasteiger partial charge in [-0.3, -0.25) is 9.59 Å². The molecule has 0 saturated carbocycles. The summed E-state index contributed by atoms with van der Waals surface area (Å²) in [6.45, 7) is 0.289. The number of nitrogens with two attached hydrogens (primary N) is 2. The fourth-order valence-corrected chi connectivity index (χ4v) is 6.15. The van der Waals surface area contributed by atoms with Crippen LogP contribution in [0.25, 0.3) is 0 Å². The van der Waals surface area contributed by atoms with Crippen molar-refractivity contribution >= 4 is 23.7 Å². The van der Waals surface area contributed by atoms with Crippen molar-refractivity contribution in [3.63, 3.8) is 0 Å². The highest BCUT2D eigenvalue weighted by Crippen LogP contribution is 2.40. The SMILES string of the molecule is NC1=N[C@H]2[C@H](CNC(=O)c3cccnn3)N=C(N)N3CC(NC(=O)c4cccc5c4CCCC5)[C@@H](O)[C@]23N1. The van der Waals surface area contributed by atoms with Gasteiger partial charge in [0.2, 0.25) is 0 Å². The molecule has 8 N–H and O–H groups in total. The Hall–Kier alpha value is -4.26. The summed E-state index contributed by atoms with van der Waals surface area (Å²) in [5.41, 5.74) is 14.3. The number of hydrogen-bond donors (Lipinski definition) is 6. The van der Waals surface area contributed by atoms with Crippen LogP contribution in [-0.2, 0) is 12.8 Å². The monoisotopic (exact) mass is 518 g/mol. The molecule has 38 heavy (non-hydrogen) atoms. The second-order valence-corrected chi connectivity index (χ2v) is 10.1. The quantitative estimate of drug-likeness (QED) is 0.266. The van der Waals surface area contributed by atoms with Crippen molar-refractivity contribution in [2.75, 3.05) is 13.1 Å². The summed E-state index contributed by atoms with van der Waals surface area (Å²) in [6, 6.07) is 7.02. The Morgan fingerprint density at radius 1 is 1.13 bits per heavy atom. The van der Waals surface area contributed by atoms with Gasteiger partial charge in [0.15, 0.2) is 23.3 Å². The van der Waals surface area contributed by atoms with E-state index in [2.05, 4.69) is 42.2 Å². The van der Waals surface area contributed by atoms with Gasteiger partial charge in [-0.2, -0.15) is 5.10 Å². The predicted molar refractivity (Wildman–Crippen MR) is 138 cm³/mol. The molecule has 5 atom stereocenters. The standard InChI is InChI=1S/C25H30N10O3/c26-23-32-19-17(11-28-22(38)16-9-4-10-29-34-16)31-24(27)35-12-18(20(36)25(19,35)33-23)30-21(37)15-8-3-6-13-5-1-2-7-14(13)15/h3-4,6,8-10,17-20,36H,1-2,5,7,11-12H2,(H2,27,31)(H,28,38)(H,30,37)(H3,26,32,33)/t17-,18?,19-,20+,25-/m0/s1. The molecule has 198 valence electrons. The van der Waals surface area contributed by atoms with Gasteiger partial charge in [-0.25, -0.2) is 9.98 Å². The van der Waals surface area contributed by atoms with E-state index in [1.54, 1.807) is 17.0 Å². The number of carbonyl (C=O) groups excluding carboxylic acids is 2. The topological polar surface area (TPSA) is 196 Å². The molecule has 6 rings (SSSR count). The average molecular weight is 519 g/mol. The van der Waals surface area contributed by atoms with E-state index in [9.17, 15) is 14.7 Å². The summed E-state index contributed by atoms with van der Waals surface area (Å²) in [6.07, 6.45) is 4.34. The van der Waals surface area contributed by atoms with Crippen molar-refractivity contribution in [1.82, 2.24) is 31.0 Å². The van der Waals surface area contributed by atoms with Crippen LogP contribution in [0.4, 0.5) is 0 Å². The van der Waals surface area contributed by atoms with Gasteiger partial charge in [0.1, 0.15) is 12.1 Å². The first-order chi connectivity index (χ1) is 18.4. The summed E-state index contributed by atoms with van der Waals surface area (Å²) in [5.74, 6) is -0.381. The number of amides is 2. The molecule has 1 aliphatic carbocycles. The zero-order valence-corrected chi connectivity index (χ0v) is 20.7. The van der Waals surface area contributed by atoms with Crippen molar-refractivity contribution in [2.45, 2.75) is 55.6 Å². The van der Waals surface area contributed by atoms with E-state index in [0.717, 1.165) is 31.2 Å². The van der Waals surface area contributed by atoms with Crippen LogP contribution >= 0.6 is 0 Å². The Balaban J connectivity index is 1.22. The Morgan fingerprint density at radius 3 is 2.79 bits per heavy atom. The number of hydrogen-bond acceptors (Lipinski definition) is 11. The number of aliphatic hydroxyl groups is 1. The van der Waals surface area contributed by atoms with Gasteiger partial charge in [0.05, 0.1) is 12.1 Å². The molecule has 2 amide bonds. The molecule has 0 bridgehead atoms. The zero-order valence-electron chi connectivity index (χ0n) is 20.7. The van der Waals surface area contributed by atoms with Gasteiger partial charge in [-0.15, -0.1) is 5.10 Å². The number of guanidine groups is 2. The minimum atomic E-state index is -1.22. The van der Waals surface area contributed by atoms with Crippen LogP contribution in [0, 0.1) is 0 Å². The maximum absolute atomic E-state index is 13.4. The molecular formula is C25H30N10O3. The van der Waals surface area contributed by atoms with E-state index in [-0.39, 0.29) is 36.6 Å². The van der Waals surface area contributed by atoms with E-state index < -0.39 is 35.8 Å². The second-order valence-electron chi connectivity index (χ2n) is 10.1. The lowest BCUT2D eigenvalue weighted by Gasteiger charge is -2.46. The van der Waals surface area contributed by atoms with Gasteiger partial charge in [0, 0.05) is 24.8 Å². The molecule has 1 aromatic heterocycles. The number of aliphatic imine (C=N–C) groups is 2. The highest BCUT2D eigenvalue weighted by molar-refractivity contribution is 5.97. The minimum Gasteiger partial charge on any atom is -0.386 e. The van der Waals surface area contributed by atoms with Crippen molar-refractivity contribution < 1.29 is 14.7 Å². The van der Waals surface area contributed by atoms with Gasteiger partial charge in [-0.05, 0) is 55.0 Å². The summed E-state index contributed by atoms with van der Waals surface area (Å²) >= 11 is 0. The zero-order chi connectivity index (χ0) is 26.4. The van der Waals surface area contributed by atoms with Crippen molar-refractivity contribution in [2.24, 2.45) is 21.5 Å². The molecule has 0 radical (unpaired) electrons. The fourth-order valence-electron chi connectivity index (χ4n) is 6.15. The molecule has 4 heterocycles. The van der Waals surface area contributed by atoms with E-state index >= 15 is 0 Å². The number of nitrogens with zero attached hydrogens (tertiary/aromatic N) is 5. The van der Waals surface area contributed by atoms with Crippen molar-refractivity contribution in [3.8, 4) is 0 Å². The van der Waals surface area contributed by atoms with Crippen LogP contribution in [0.5, 0.6) is 0 Å². The number of benzene rings is 1. The number of aromatic nitrogens is 2. The first-order valence-electron chi connectivity index (χ1n) is 12.8. The molecular weight excluding hydrogens is 488 g/mol. The molecule has 13 heteroatoms. The highest BCUT2D eigenvalue weighted by atomic mass is 16.3. The summed E-state index contributed by atoms with van der Waals surface area (Å²) in [7, 11) is 0. The summed E-state index contributed by atoms with van der Waals surface area (Å²) in [5, 5.41) is 28.1. The third-order valence-corrected chi connectivity index (χ3v) is 7.89. The van der Waals surface area contributed by atoms with Crippen LogP contribution in [0.15, 0.2) is 46.5 Å². The van der Waals surface area contributed by atoms with E-state index in [1.807, 2.05) is 12.1 Å². The third kappa shape index (κ3) is 3.81. The smallest absolute Gasteiger partial charge is 0.271 e. The first-order valence-corrected chi connectivity index (χ1v) is 12.8. The molecule has 1 unspecified atom stereocenters. The van der Waals surface area contributed by atoms with Crippen molar-refractivity contribution in [1.29, 1.82) is 0 Å². The predicted octanol–water partition coefficient (Wildman–Crippen LogP) is -1.76. The van der Waals surface area contributed by atoms with Crippen molar-refractivity contribution in [3.05, 3.63) is 58.9 Å². The van der Waals surface area contributed by atoms with Crippen LogP contribution < -0.4 is 27.4 Å². The van der Waals surface area contributed by atoms with E-state index in [0.29, 0.717) is 5.56 Å². The lowest BCUT2D eigenvalue weighted by molar-refractivity contribution is 0.0144. The Morgan fingerprint density at radius 2 is 1.97 bits per heavy atom. The maximum atomic E-state index is 13.4. The summed E-state index contributed by atoms with van der Waals surface area (Å²) < 4.78 is 0. The minimum absolute atomic E-state index is 0.0781. The average Bonchev–Trinajstić information content (AvgIpc) is 3.43. The van der Waals surface area contributed by atoms with Gasteiger partial charge in [0.25, 0.3) is 11.8 Å². The normalized spacial score (nSPS) is 29.2. The first kappa shape index (κ1) is 24.1. The van der Waals surface area contributed by atoms with Crippen LogP contribution in [-0.4, -0.2) is 86.9 Å². The van der Waals surface area contributed by atoms with E-state index in [1.165, 1.54) is 11.8 Å². The number of aliphatic hydroxyl groups excluding tert-OH is 1. The molecule has 1 aromatic carbocycles. The molecule has 1 fully saturated rings. The molecule has 13 nitrogen and oxygen atoms in total. The second kappa shape index (κ2) is 9.24. The number of nitrogens with one attached hydrogen (secondary N) is 3. The molecule has 2 aromatic rings. The lowest BCUT2D eigenvalue weighted by atomic mass is 9.87. The molecule has 1 saturated heterocycles. The van der Waals surface area contributed by atoms with Gasteiger partial charge in [-0.1, -0.05) is 12.1 Å². The van der Waals surface area contributed by atoms with Crippen LogP contribution in [0.2, 0.25) is 0 Å². The number of fused-ring (bicyclic) bond motifs is 1. The number of aryl methyl sites for hydroxylation is 1. The molecule has 3 aliphatic heterocycles. The van der Waals surface area contributed by atoms with Gasteiger partial charge < -0.3 is 37.4 Å². The van der Waals surface area contributed by atoms with E-state index in [4.69, 9.17) is 11.5 Å². The Bertz CT molecular complexity index is 1330. The fraction of sp³-hybridized carbons (Fsp3) is 0.440. The Labute approximate surface area is 218 Å². The van der Waals surface area contributed by atoms with Gasteiger partial charge >= 0.3 is 0 Å². The van der Waals surface area contributed by atoms with Crippen LogP contribution in [0.3, 0.4) is 0 Å².